The number of nitro groups is 2. The zero-order valence-electron chi connectivity index (χ0n) is 12.2. The van der Waals surface area contributed by atoms with Gasteiger partial charge in [-0.3, -0.25) is 20.2 Å². The smallest absolute Gasteiger partial charge is 0.258 e. The number of nitrogens with zero attached hydrogens (tertiary/aromatic N) is 2. The first kappa shape index (κ1) is 17.2. The molecule has 0 saturated carbocycles. The largest absolute Gasteiger partial charge is 0.288 e. The molecule has 23 heavy (non-hydrogen) atoms. The summed E-state index contributed by atoms with van der Waals surface area (Å²) in [5, 5.41) is 22.2. The highest BCUT2D eigenvalue weighted by molar-refractivity contribution is 6.33. The van der Waals surface area contributed by atoms with E-state index in [1.807, 2.05) is 13.8 Å². The first-order chi connectivity index (χ1) is 10.6. The Kier molecular flexibility index (Phi) is 4.58. The summed E-state index contributed by atoms with van der Waals surface area (Å²) in [5.74, 6) is 0. The highest BCUT2D eigenvalue weighted by atomic mass is 35.5. The molecule has 0 aliphatic heterocycles. The number of hydrogen-bond acceptors (Lipinski definition) is 4. The molecule has 0 saturated heterocycles. The highest BCUT2D eigenvalue weighted by Crippen LogP contribution is 2.38. The number of hydrogen-bond donors (Lipinski definition) is 0. The molecule has 0 unspecified atom stereocenters. The second kappa shape index (κ2) is 6.14. The highest BCUT2D eigenvalue weighted by Gasteiger charge is 2.28. The Balaban J connectivity index is 2.58. The summed E-state index contributed by atoms with van der Waals surface area (Å²) < 4.78 is 0. The molecule has 2 aromatic carbocycles. The maximum Gasteiger partial charge on any atom is 0.288 e. The summed E-state index contributed by atoms with van der Waals surface area (Å²) in [5.41, 5.74) is 0.113. The van der Waals surface area contributed by atoms with Crippen LogP contribution in [0.15, 0.2) is 36.4 Å². The van der Waals surface area contributed by atoms with Gasteiger partial charge >= 0.3 is 0 Å². The minimum atomic E-state index is -0.704. The molecule has 0 aliphatic rings. The van der Waals surface area contributed by atoms with Crippen molar-refractivity contribution < 1.29 is 9.85 Å². The minimum Gasteiger partial charge on any atom is -0.258 e. The van der Waals surface area contributed by atoms with E-state index in [0.29, 0.717) is 11.1 Å². The second-order valence-electron chi connectivity index (χ2n) is 5.47. The average molecular weight is 355 g/mol. The van der Waals surface area contributed by atoms with Crippen LogP contribution in [0.1, 0.15) is 25.0 Å². The topological polar surface area (TPSA) is 86.3 Å². The van der Waals surface area contributed by atoms with Crippen LogP contribution in [0.3, 0.4) is 0 Å². The molecule has 0 amide bonds. The predicted octanol–water partition coefficient (Wildman–Crippen LogP) is 5.14. The van der Waals surface area contributed by atoms with E-state index in [-0.39, 0.29) is 21.4 Å². The van der Waals surface area contributed by atoms with Gasteiger partial charge in [0.15, 0.2) is 0 Å². The first-order valence-electron chi connectivity index (χ1n) is 6.53. The van der Waals surface area contributed by atoms with Crippen molar-refractivity contribution >= 4 is 34.6 Å². The molecule has 0 spiro atoms. The molecule has 0 atom stereocenters. The third-order valence-corrected chi connectivity index (χ3v) is 4.37. The van der Waals surface area contributed by atoms with Gasteiger partial charge in [0.25, 0.3) is 11.4 Å². The molecular formula is C15H12Cl2N2O4. The summed E-state index contributed by atoms with van der Waals surface area (Å²) in [6.45, 7) is 3.62. The number of benzene rings is 2. The molecule has 0 bridgehead atoms. The lowest BCUT2D eigenvalue weighted by Crippen LogP contribution is -2.19. The van der Waals surface area contributed by atoms with Gasteiger partial charge in [0, 0.05) is 17.5 Å². The molecule has 120 valence electrons. The van der Waals surface area contributed by atoms with Crippen LogP contribution in [0, 0.1) is 20.2 Å². The fraction of sp³-hybridized carbons (Fsp3) is 0.200. The Bertz CT molecular complexity index is 741. The second-order valence-corrected chi connectivity index (χ2v) is 6.29. The fourth-order valence-electron chi connectivity index (χ4n) is 2.25. The molecular weight excluding hydrogens is 343 g/mol. The van der Waals surface area contributed by atoms with Crippen LogP contribution < -0.4 is 0 Å². The third kappa shape index (κ3) is 3.28. The van der Waals surface area contributed by atoms with Crippen molar-refractivity contribution in [3.8, 4) is 0 Å². The molecule has 0 heterocycles. The fourth-order valence-corrected chi connectivity index (χ4v) is 2.62. The lowest BCUT2D eigenvalue weighted by Gasteiger charge is -2.26. The Morgan fingerprint density at radius 1 is 0.826 bits per heavy atom. The normalized spacial score (nSPS) is 11.3. The summed E-state index contributed by atoms with van der Waals surface area (Å²) >= 11 is 11.7. The number of nitro benzene ring substituents is 2. The number of halogens is 2. The third-order valence-electron chi connectivity index (χ3n) is 3.73. The van der Waals surface area contributed by atoms with Crippen molar-refractivity contribution in [2.45, 2.75) is 19.3 Å². The van der Waals surface area contributed by atoms with Crippen LogP contribution in [0.2, 0.25) is 10.0 Å². The Hall–Kier alpha value is -2.18. The summed E-state index contributed by atoms with van der Waals surface area (Å²) in [4.78, 5) is 21.0. The van der Waals surface area contributed by atoms with E-state index in [2.05, 4.69) is 0 Å². The van der Waals surface area contributed by atoms with Gasteiger partial charge in [0.05, 0.1) is 9.85 Å². The van der Waals surface area contributed by atoms with Crippen LogP contribution in [0.5, 0.6) is 0 Å². The van der Waals surface area contributed by atoms with Gasteiger partial charge < -0.3 is 0 Å². The van der Waals surface area contributed by atoms with Crippen molar-refractivity contribution in [1.29, 1.82) is 0 Å². The van der Waals surface area contributed by atoms with E-state index in [1.165, 1.54) is 24.3 Å². The van der Waals surface area contributed by atoms with E-state index in [1.54, 1.807) is 12.1 Å². The monoisotopic (exact) mass is 354 g/mol. The summed E-state index contributed by atoms with van der Waals surface area (Å²) in [7, 11) is 0. The van der Waals surface area contributed by atoms with Crippen molar-refractivity contribution in [3.05, 3.63) is 77.8 Å². The molecule has 0 fully saturated rings. The lowest BCUT2D eigenvalue weighted by molar-refractivity contribution is -0.384. The zero-order valence-corrected chi connectivity index (χ0v) is 13.8. The van der Waals surface area contributed by atoms with E-state index in [0.717, 1.165) is 0 Å². The maximum atomic E-state index is 11.0. The minimum absolute atomic E-state index is 0.0386. The SMILES string of the molecule is CC(C)(c1ccc(Cl)c([N+](=O)[O-])c1)c1ccc(Cl)c([N+](=O)[O-])c1. The predicted molar refractivity (Wildman–Crippen MR) is 88.3 cm³/mol. The Morgan fingerprint density at radius 3 is 1.48 bits per heavy atom. The van der Waals surface area contributed by atoms with Crippen LogP contribution in [-0.2, 0) is 5.41 Å². The van der Waals surface area contributed by atoms with E-state index < -0.39 is 15.3 Å². The van der Waals surface area contributed by atoms with Crippen molar-refractivity contribution in [2.75, 3.05) is 0 Å². The van der Waals surface area contributed by atoms with E-state index >= 15 is 0 Å². The van der Waals surface area contributed by atoms with Gasteiger partial charge in [-0.2, -0.15) is 0 Å². The van der Waals surface area contributed by atoms with Gasteiger partial charge in [-0.15, -0.1) is 0 Å². The summed E-state index contributed by atoms with van der Waals surface area (Å²) in [6.07, 6.45) is 0. The summed E-state index contributed by atoms with van der Waals surface area (Å²) in [6, 6.07) is 8.97. The average Bonchev–Trinajstić information content (AvgIpc) is 2.47. The Labute approximate surface area is 141 Å². The van der Waals surface area contributed by atoms with Gasteiger partial charge in [0.1, 0.15) is 10.0 Å². The molecule has 2 aromatic rings. The first-order valence-corrected chi connectivity index (χ1v) is 7.29. The van der Waals surface area contributed by atoms with Crippen molar-refractivity contribution in [2.24, 2.45) is 0 Å². The molecule has 0 aromatic heterocycles. The van der Waals surface area contributed by atoms with Crippen LogP contribution >= 0.6 is 23.2 Å². The van der Waals surface area contributed by atoms with Crippen LogP contribution in [0.4, 0.5) is 11.4 Å². The number of rotatable bonds is 4. The molecule has 2 rings (SSSR count). The van der Waals surface area contributed by atoms with E-state index in [9.17, 15) is 20.2 Å². The zero-order chi connectivity index (χ0) is 17.4. The van der Waals surface area contributed by atoms with Crippen molar-refractivity contribution in [3.63, 3.8) is 0 Å². The van der Waals surface area contributed by atoms with Gasteiger partial charge in [-0.05, 0) is 23.3 Å². The van der Waals surface area contributed by atoms with Crippen LogP contribution in [-0.4, -0.2) is 9.85 Å². The molecule has 0 aliphatic carbocycles. The van der Waals surface area contributed by atoms with Crippen molar-refractivity contribution in [1.82, 2.24) is 0 Å². The van der Waals surface area contributed by atoms with E-state index in [4.69, 9.17) is 23.2 Å². The maximum absolute atomic E-state index is 11.0. The van der Waals surface area contributed by atoms with Gasteiger partial charge in [-0.1, -0.05) is 49.2 Å². The molecule has 0 radical (unpaired) electrons. The quantitative estimate of drug-likeness (QED) is 0.562. The standard InChI is InChI=1S/C15H12Cl2N2O4/c1-15(2,9-3-5-11(16)13(7-9)18(20)21)10-4-6-12(17)14(8-10)19(22)23/h3-8H,1-2H3. The Morgan fingerprint density at radius 2 is 1.17 bits per heavy atom. The molecule has 8 heteroatoms. The van der Waals surface area contributed by atoms with Gasteiger partial charge in [-0.25, -0.2) is 0 Å². The molecule has 6 nitrogen and oxygen atoms in total. The lowest BCUT2D eigenvalue weighted by atomic mass is 9.78. The van der Waals surface area contributed by atoms with Gasteiger partial charge in [0.2, 0.25) is 0 Å². The van der Waals surface area contributed by atoms with Crippen LogP contribution in [0.25, 0.3) is 0 Å². The molecule has 0 N–H and O–H groups in total.